The van der Waals surface area contributed by atoms with Crippen molar-refractivity contribution in [3.05, 3.63) is 0 Å². The number of hydrogen-bond acceptors (Lipinski definition) is 11. The van der Waals surface area contributed by atoms with Gasteiger partial charge in [-0.25, -0.2) is 0 Å². The average molecular weight is 724 g/mol. The summed E-state index contributed by atoms with van der Waals surface area (Å²) in [6.07, 6.45) is 1.25. The summed E-state index contributed by atoms with van der Waals surface area (Å²) < 4.78 is 32.0. The zero-order valence-electron chi connectivity index (χ0n) is 34.0. The number of cyclic esters (lactones) is 1. The van der Waals surface area contributed by atoms with E-state index < -0.39 is 47.5 Å². The minimum atomic E-state index is -1.09. The maximum absolute atomic E-state index is 14.3. The van der Waals surface area contributed by atoms with E-state index in [0.717, 1.165) is 12.8 Å². The van der Waals surface area contributed by atoms with E-state index in [-0.39, 0.29) is 59.9 Å². The number of esters is 2. The lowest BCUT2D eigenvalue weighted by Gasteiger charge is -2.48. The fraction of sp³-hybridized carbons (Fsp3) is 0.897. The number of carbonyl (C=O) groups excluding carboxylic acids is 4. The first-order valence-corrected chi connectivity index (χ1v) is 19.1. The van der Waals surface area contributed by atoms with Crippen LogP contribution in [0.15, 0.2) is 0 Å². The molecule has 0 N–H and O–H groups in total. The molecule has 0 saturated carbocycles. The maximum atomic E-state index is 14.3. The normalized spacial score (nSPS) is 40.3. The van der Waals surface area contributed by atoms with Gasteiger partial charge in [0, 0.05) is 44.5 Å². The smallest absolute Gasteiger partial charge is 0.316 e. The molecular formula is C39H69N3O9. The van der Waals surface area contributed by atoms with Gasteiger partial charge in [-0.3, -0.25) is 19.2 Å². The highest BCUT2D eigenvalue weighted by atomic mass is 16.7. The van der Waals surface area contributed by atoms with Crippen LogP contribution in [0.5, 0.6) is 0 Å². The Morgan fingerprint density at radius 1 is 0.980 bits per heavy atom. The summed E-state index contributed by atoms with van der Waals surface area (Å²) in [5, 5.41) is 0. The molecule has 3 heterocycles. The monoisotopic (exact) mass is 724 g/mol. The van der Waals surface area contributed by atoms with Gasteiger partial charge in [-0.2, -0.15) is 0 Å². The lowest BCUT2D eigenvalue weighted by Crippen LogP contribution is -2.58. The first kappa shape index (κ1) is 43.3. The molecule has 12 nitrogen and oxygen atoms in total. The molecule has 0 radical (unpaired) electrons. The zero-order valence-corrected chi connectivity index (χ0v) is 34.0. The van der Waals surface area contributed by atoms with Gasteiger partial charge in [0.25, 0.3) is 0 Å². The van der Waals surface area contributed by atoms with E-state index in [1.165, 1.54) is 0 Å². The molecule has 3 rings (SSSR count). The van der Waals surface area contributed by atoms with Gasteiger partial charge in [-0.05, 0) is 80.1 Å². The van der Waals surface area contributed by atoms with Crippen LogP contribution in [-0.2, 0) is 42.9 Å². The number of nitrogens with zero attached hydrogens (tertiary/aromatic N) is 3. The van der Waals surface area contributed by atoms with Gasteiger partial charge in [0.1, 0.15) is 17.6 Å². The second-order valence-electron chi connectivity index (χ2n) is 16.9. The molecule has 2 unspecified atom stereocenters. The molecule has 3 aliphatic rings. The number of likely N-dealkylation sites (N-methyl/N-ethyl adjacent to an activating group) is 2. The van der Waals surface area contributed by atoms with E-state index >= 15 is 0 Å². The number of ether oxygens (including phenoxy) is 5. The predicted molar refractivity (Wildman–Crippen MR) is 195 cm³/mol. The maximum Gasteiger partial charge on any atom is 0.316 e. The fourth-order valence-corrected chi connectivity index (χ4v) is 8.90. The number of ketones is 1. The first-order chi connectivity index (χ1) is 23.7. The molecule has 1 amide bonds. The van der Waals surface area contributed by atoms with Gasteiger partial charge in [0.05, 0.1) is 30.8 Å². The molecule has 13 atom stereocenters. The van der Waals surface area contributed by atoms with E-state index in [4.69, 9.17) is 23.7 Å². The number of carbonyl (C=O) groups is 4. The molecular weight excluding hydrogens is 654 g/mol. The minimum Gasteiger partial charge on any atom is -0.458 e. The molecule has 0 aromatic rings. The molecule has 0 bridgehead atoms. The van der Waals surface area contributed by atoms with Gasteiger partial charge in [0.2, 0.25) is 5.91 Å². The van der Waals surface area contributed by atoms with Gasteiger partial charge in [-0.1, -0.05) is 47.5 Å². The van der Waals surface area contributed by atoms with Crippen LogP contribution < -0.4 is 0 Å². The van der Waals surface area contributed by atoms with E-state index in [2.05, 4.69) is 25.7 Å². The number of hydrogen-bond donors (Lipinski definition) is 0. The van der Waals surface area contributed by atoms with Gasteiger partial charge in [0.15, 0.2) is 12.1 Å². The quantitative estimate of drug-likeness (QED) is 0.248. The van der Waals surface area contributed by atoms with Gasteiger partial charge >= 0.3 is 11.9 Å². The molecule has 51 heavy (non-hydrogen) atoms. The topological polar surface area (TPSA) is 124 Å². The summed E-state index contributed by atoms with van der Waals surface area (Å²) in [4.78, 5) is 59.4. The molecule has 294 valence electrons. The highest BCUT2D eigenvalue weighted by Crippen LogP contribution is 2.45. The van der Waals surface area contributed by atoms with Crippen LogP contribution in [-0.4, -0.2) is 136 Å². The third-order valence-electron chi connectivity index (χ3n) is 12.2. The van der Waals surface area contributed by atoms with Crippen molar-refractivity contribution in [3.63, 3.8) is 0 Å². The van der Waals surface area contributed by atoms with Crippen LogP contribution in [0, 0.1) is 35.5 Å². The van der Waals surface area contributed by atoms with Crippen molar-refractivity contribution in [1.29, 1.82) is 0 Å². The van der Waals surface area contributed by atoms with Crippen LogP contribution in [0.25, 0.3) is 0 Å². The molecule has 12 heteroatoms. The number of Topliss-reactive ketones (excluding diaryl/α,β-unsaturated/α-hetero) is 1. The second kappa shape index (κ2) is 17.8. The van der Waals surface area contributed by atoms with E-state index in [9.17, 15) is 19.2 Å². The molecule has 3 aliphatic heterocycles. The lowest BCUT2D eigenvalue weighted by atomic mass is 9.73. The molecule has 0 aromatic heterocycles. The van der Waals surface area contributed by atoms with Gasteiger partial charge in [-0.15, -0.1) is 0 Å². The van der Waals surface area contributed by atoms with Crippen molar-refractivity contribution in [1.82, 2.24) is 14.7 Å². The second-order valence-corrected chi connectivity index (χ2v) is 16.9. The van der Waals surface area contributed by atoms with Crippen molar-refractivity contribution < 1.29 is 42.9 Å². The third kappa shape index (κ3) is 10.1. The van der Waals surface area contributed by atoms with Crippen LogP contribution in [0.3, 0.4) is 0 Å². The molecule has 0 aromatic carbocycles. The Hall–Kier alpha value is -2.12. The van der Waals surface area contributed by atoms with Crippen molar-refractivity contribution in [2.75, 3.05) is 55.4 Å². The Labute approximate surface area is 307 Å². The zero-order chi connectivity index (χ0) is 38.6. The largest absolute Gasteiger partial charge is 0.458 e. The standard InChI is InChI=1S/C39H69N3O9/c1-15-31-39(8)29(19-33(44)51-39)24(3)17-16-23(2)20-38(7,47-14)35(26(5)34(45)27(6)36(46)49-31)50-37-25(4)30(41(11)12)18-28(48-37)21-42(13)32(43)22-40(9)10/h23-31,35,37H,15-22H2,1-14H3/t23-,24-,25+,26-,27?,28-,29+,30?,31+,35+,37-,38+,39-/m0/s1. The minimum absolute atomic E-state index is 0.000572. The van der Waals surface area contributed by atoms with Crippen LogP contribution in [0.4, 0.5) is 0 Å². The van der Waals surface area contributed by atoms with Crippen molar-refractivity contribution in [3.8, 4) is 0 Å². The van der Waals surface area contributed by atoms with Crippen molar-refractivity contribution in [2.45, 2.75) is 136 Å². The summed E-state index contributed by atoms with van der Waals surface area (Å²) in [7, 11) is 11.2. The summed E-state index contributed by atoms with van der Waals surface area (Å²) in [6, 6.07) is 0.0865. The van der Waals surface area contributed by atoms with Crippen molar-refractivity contribution >= 4 is 23.6 Å². The summed E-state index contributed by atoms with van der Waals surface area (Å²) in [6.45, 7) is 16.3. The fourth-order valence-electron chi connectivity index (χ4n) is 8.90. The predicted octanol–water partition coefficient (Wildman–Crippen LogP) is 4.42. The Morgan fingerprint density at radius 3 is 2.20 bits per heavy atom. The highest BCUT2D eigenvalue weighted by Gasteiger charge is 2.55. The molecule has 0 aliphatic carbocycles. The summed E-state index contributed by atoms with van der Waals surface area (Å²) in [5.41, 5.74) is -1.90. The Bertz CT molecular complexity index is 1210. The number of amides is 1. The van der Waals surface area contributed by atoms with E-state index in [1.54, 1.807) is 32.9 Å². The molecule has 0 spiro atoms. The lowest BCUT2D eigenvalue weighted by molar-refractivity contribution is -0.284. The number of methoxy groups -OCH3 is 1. The van der Waals surface area contributed by atoms with E-state index in [1.807, 2.05) is 53.9 Å². The Morgan fingerprint density at radius 2 is 1.63 bits per heavy atom. The Kier molecular flexibility index (Phi) is 15.1. The first-order valence-electron chi connectivity index (χ1n) is 19.1. The molecule has 3 saturated heterocycles. The van der Waals surface area contributed by atoms with E-state index in [0.29, 0.717) is 32.4 Å². The average Bonchev–Trinajstić information content (AvgIpc) is 3.38. The highest BCUT2D eigenvalue weighted by molar-refractivity contribution is 6.00. The summed E-state index contributed by atoms with van der Waals surface area (Å²) >= 11 is 0. The van der Waals surface area contributed by atoms with Crippen LogP contribution in [0.2, 0.25) is 0 Å². The Balaban J connectivity index is 2.01. The van der Waals surface area contributed by atoms with Crippen LogP contribution in [0.1, 0.15) is 93.9 Å². The SMILES string of the molecule is CC[C@H]1OC(=O)C(C)C(=O)[C@H](C)[C@@H](O[C@@H]2O[C@H](CN(C)C(=O)CN(C)C)CC(N(C)C)[C@H]2C)[C@](C)(OC)C[C@@H](C)CC[C@H](C)[C@H]2CC(=O)O[C@@]21C. The van der Waals surface area contributed by atoms with Crippen LogP contribution >= 0.6 is 0 Å². The summed E-state index contributed by atoms with van der Waals surface area (Å²) in [5.74, 6) is -3.00. The third-order valence-corrected chi connectivity index (χ3v) is 12.2. The number of rotatable bonds is 9. The van der Waals surface area contributed by atoms with Gasteiger partial charge < -0.3 is 38.4 Å². The number of fused-ring (bicyclic) bond motifs is 1. The van der Waals surface area contributed by atoms with Crippen molar-refractivity contribution in [2.24, 2.45) is 35.5 Å². The molecule has 3 fully saturated rings.